The van der Waals surface area contributed by atoms with Crippen molar-refractivity contribution in [2.75, 3.05) is 0 Å². The average Bonchev–Trinajstić information content (AvgIpc) is 2.50. The monoisotopic (exact) mass is 363 g/mol. The van der Waals surface area contributed by atoms with Crippen molar-refractivity contribution in [2.45, 2.75) is 0 Å². The fraction of sp³-hybridized carbons (Fsp3) is 0. The third-order valence-electron chi connectivity index (χ3n) is 2.57. The predicted octanol–water partition coefficient (Wildman–Crippen LogP) is 1.59. The number of hydrogen-bond acceptors (Lipinski definition) is 6. The van der Waals surface area contributed by atoms with Crippen LogP contribution in [0.5, 0.6) is 5.75 Å². The van der Waals surface area contributed by atoms with E-state index in [0.29, 0.717) is 10.0 Å². The van der Waals surface area contributed by atoms with Gasteiger partial charge in [-0.25, -0.2) is 5.43 Å². The van der Waals surface area contributed by atoms with Crippen molar-refractivity contribution < 1.29 is 14.8 Å². The summed E-state index contributed by atoms with van der Waals surface area (Å²) in [5, 5.41) is 26.2. The summed E-state index contributed by atoms with van der Waals surface area (Å²) >= 11 is 3.07. The van der Waals surface area contributed by atoms with Gasteiger partial charge in [-0.15, -0.1) is 0 Å². The second-order valence-corrected chi connectivity index (χ2v) is 4.95. The highest BCUT2D eigenvalue weighted by molar-refractivity contribution is 9.10. The van der Waals surface area contributed by atoms with Crippen LogP contribution in [-0.4, -0.2) is 22.0 Å². The maximum absolute atomic E-state index is 11.8. The Bertz CT molecular complexity index is 749. The molecule has 0 aliphatic rings. The number of rotatable bonds is 4. The van der Waals surface area contributed by atoms with E-state index in [1.54, 1.807) is 0 Å². The van der Waals surface area contributed by atoms with Gasteiger partial charge >= 0.3 is 0 Å². The number of nitrogens with one attached hydrogen (secondary N) is 1. The number of nitro benzene ring substituents is 1. The van der Waals surface area contributed by atoms with Crippen LogP contribution in [0.2, 0.25) is 0 Å². The number of nitrogens with zero attached hydrogens (tertiary/aromatic N) is 3. The number of nitro groups is 1. The topological polar surface area (TPSA) is 121 Å². The van der Waals surface area contributed by atoms with E-state index in [-0.39, 0.29) is 5.56 Å². The summed E-state index contributed by atoms with van der Waals surface area (Å²) < 4.78 is 0.362. The number of carbonyl (C=O) groups excluding carboxylic acids is 1. The lowest BCUT2D eigenvalue weighted by Crippen LogP contribution is -2.17. The van der Waals surface area contributed by atoms with E-state index in [9.17, 15) is 20.0 Å². The Hall–Kier alpha value is -2.81. The summed E-state index contributed by atoms with van der Waals surface area (Å²) in [7, 11) is 0. The van der Waals surface area contributed by atoms with Gasteiger partial charge in [0.2, 0.25) is 0 Å². The first-order valence-electron chi connectivity index (χ1n) is 5.87. The van der Waals surface area contributed by atoms with Crippen LogP contribution >= 0.6 is 15.9 Å². The molecule has 1 aromatic carbocycles. The van der Waals surface area contributed by atoms with Gasteiger partial charge in [-0.3, -0.25) is 19.9 Å². The molecule has 0 unspecified atom stereocenters. The molecule has 9 heteroatoms. The summed E-state index contributed by atoms with van der Waals surface area (Å²) in [5.74, 6) is -1.27. The predicted molar refractivity (Wildman–Crippen MR) is 79.5 cm³/mol. The van der Waals surface area contributed by atoms with Gasteiger partial charge in [0.25, 0.3) is 11.6 Å². The van der Waals surface area contributed by atoms with E-state index in [4.69, 9.17) is 0 Å². The average molecular weight is 364 g/mol. The summed E-state index contributed by atoms with van der Waals surface area (Å²) in [4.78, 5) is 25.5. The third-order valence-corrected chi connectivity index (χ3v) is 3.03. The molecule has 0 spiro atoms. The fourth-order valence-electron chi connectivity index (χ4n) is 1.56. The van der Waals surface area contributed by atoms with Gasteiger partial charge in [0.15, 0.2) is 0 Å². The van der Waals surface area contributed by atoms with Crippen molar-refractivity contribution in [1.29, 1.82) is 0 Å². The van der Waals surface area contributed by atoms with Crippen molar-refractivity contribution in [3.63, 3.8) is 0 Å². The Morgan fingerprint density at radius 3 is 2.68 bits per heavy atom. The molecule has 1 amide bonds. The van der Waals surface area contributed by atoms with Crippen molar-refractivity contribution in [1.82, 2.24) is 10.4 Å². The summed E-state index contributed by atoms with van der Waals surface area (Å²) in [6.07, 6.45) is 3.96. The summed E-state index contributed by atoms with van der Waals surface area (Å²) in [6.45, 7) is 0. The summed E-state index contributed by atoms with van der Waals surface area (Å²) in [6, 6.07) is 5.47. The molecule has 0 aliphatic heterocycles. The molecule has 8 nitrogen and oxygen atoms in total. The lowest BCUT2D eigenvalue weighted by atomic mass is 10.2. The van der Waals surface area contributed by atoms with Crippen molar-refractivity contribution >= 4 is 33.7 Å². The van der Waals surface area contributed by atoms with Gasteiger partial charge in [0, 0.05) is 28.5 Å². The number of halogens is 1. The van der Waals surface area contributed by atoms with E-state index < -0.39 is 22.3 Å². The first-order chi connectivity index (χ1) is 10.5. The van der Waals surface area contributed by atoms with Gasteiger partial charge in [-0.1, -0.05) is 15.9 Å². The SMILES string of the molecule is O=C(NN=Cc1cc(Br)cc([N+](=O)[O-])c1[O-])c1ccncc1. The molecule has 0 atom stereocenters. The van der Waals surface area contributed by atoms with Gasteiger partial charge in [-0.05, 0) is 29.5 Å². The maximum atomic E-state index is 11.8. The van der Waals surface area contributed by atoms with Crippen LogP contribution in [-0.2, 0) is 0 Å². The van der Waals surface area contributed by atoms with Gasteiger partial charge in [0.1, 0.15) is 0 Å². The lowest BCUT2D eigenvalue weighted by molar-refractivity contribution is -0.398. The maximum Gasteiger partial charge on any atom is 0.271 e. The molecule has 2 aromatic rings. The second-order valence-electron chi connectivity index (χ2n) is 4.04. The van der Waals surface area contributed by atoms with Crippen LogP contribution in [0.3, 0.4) is 0 Å². The second kappa shape index (κ2) is 6.76. The van der Waals surface area contributed by atoms with Crippen LogP contribution in [0.1, 0.15) is 15.9 Å². The molecule has 0 saturated carbocycles. The number of amides is 1. The molecule has 2 rings (SSSR count). The fourth-order valence-corrected chi connectivity index (χ4v) is 2.02. The number of aromatic nitrogens is 1. The van der Waals surface area contributed by atoms with E-state index in [1.807, 2.05) is 0 Å². The zero-order valence-electron chi connectivity index (χ0n) is 10.9. The van der Waals surface area contributed by atoms with Crippen molar-refractivity contribution in [3.05, 3.63) is 62.4 Å². The van der Waals surface area contributed by atoms with Crippen LogP contribution in [0.15, 0.2) is 46.2 Å². The van der Waals surface area contributed by atoms with Crippen LogP contribution < -0.4 is 10.5 Å². The van der Waals surface area contributed by atoms with Gasteiger partial charge < -0.3 is 5.11 Å². The number of pyridine rings is 1. The Morgan fingerprint density at radius 1 is 1.36 bits per heavy atom. The Morgan fingerprint density at radius 2 is 2.05 bits per heavy atom. The molecule has 0 saturated heterocycles. The van der Waals surface area contributed by atoms with Crippen LogP contribution in [0, 0.1) is 10.1 Å². The highest BCUT2D eigenvalue weighted by Crippen LogP contribution is 2.30. The smallest absolute Gasteiger partial charge is 0.271 e. The van der Waals surface area contributed by atoms with E-state index in [2.05, 4.69) is 31.4 Å². The van der Waals surface area contributed by atoms with Gasteiger partial charge in [-0.2, -0.15) is 5.10 Å². The highest BCUT2D eigenvalue weighted by atomic mass is 79.9. The largest absolute Gasteiger partial charge is 0.867 e. The Kier molecular flexibility index (Phi) is 4.79. The lowest BCUT2D eigenvalue weighted by Gasteiger charge is -2.10. The summed E-state index contributed by atoms with van der Waals surface area (Å²) in [5.41, 5.74) is 1.97. The third kappa shape index (κ3) is 3.64. The molecule has 1 heterocycles. The minimum absolute atomic E-state index is 0.0175. The minimum atomic E-state index is -0.782. The zero-order chi connectivity index (χ0) is 16.1. The standard InChI is InChI=1S/C13H9BrN4O4/c14-10-5-9(12(19)11(6-10)18(21)22)7-16-17-13(20)8-1-3-15-4-2-8/h1-7,19H,(H,17,20)/p-1. The van der Waals surface area contributed by atoms with Crippen LogP contribution in [0.4, 0.5) is 5.69 Å². The Balaban J connectivity index is 2.17. The van der Waals surface area contributed by atoms with E-state index in [1.165, 1.54) is 30.6 Å². The first kappa shape index (κ1) is 15.6. The molecule has 112 valence electrons. The van der Waals surface area contributed by atoms with Gasteiger partial charge in [0.05, 0.1) is 11.1 Å². The number of hydrogen-bond donors (Lipinski definition) is 1. The number of benzene rings is 1. The molecule has 0 aliphatic carbocycles. The molecule has 1 N–H and O–H groups in total. The van der Waals surface area contributed by atoms with E-state index in [0.717, 1.165) is 12.3 Å². The quantitative estimate of drug-likeness (QED) is 0.502. The Labute approximate surface area is 132 Å². The minimum Gasteiger partial charge on any atom is -0.867 e. The van der Waals surface area contributed by atoms with Crippen LogP contribution in [0.25, 0.3) is 0 Å². The molecule has 1 aromatic heterocycles. The molecule has 22 heavy (non-hydrogen) atoms. The number of hydrazone groups is 1. The first-order valence-corrected chi connectivity index (χ1v) is 6.66. The van der Waals surface area contributed by atoms with Crippen molar-refractivity contribution in [2.24, 2.45) is 5.10 Å². The highest BCUT2D eigenvalue weighted by Gasteiger charge is 2.11. The van der Waals surface area contributed by atoms with E-state index >= 15 is 0 Å². The van der Waals surface area contributed by atoms with Crippen molar-refractivity contribution in [3.8, 4) is 5.75 Å². The molecular weight excluding hydrogens is 356 g/mol. The number of carbonyl (C=O) groups is 1. The molecular formula is C13H8BrN4O4-. The molecule has 0 fully saturated rings. The molecule has 0 radical (unpaired) electrons. The zero-order valence-corrected chi connectivity index (χ0v) is 12.5. The normalized spacial score (nSPS) is 10.6. The molecule has 0 bridgehead atoms.